The summed E-state index contributed by atoms with van der Waals surface area (Å²) in [5.41, 5.74) is 1.00. The highest BCUT2D eigenvalue weighted by Crippen LogP contribution is 2.40. The van der Waals surface area contributed by atoms with Gasteiger partial charge in [0.1, 0.15) is 11.9 Å². The molecular weight excluding hydrogens is 540 g/mol. The van der Waals surface area contributed by atoms with Crippen molar-refractivity contribution >= 4 is 5.97 Å². The normalized spacial score (nSPS) is 32.5. The van der Waals surface area contributed by atoms with Gasteiger partial charge in [0.15, 0.2) is 12.6 Å². The van der Waals surface area contributed by atoms with Crippen LogP contribution in [0, 0.1) is 11.8 Å². The maximum Gasteiger partial charge on any atom is 0.303 e. The summed E-state index contributed by atoms with van der Waals surface area (Å²) in [5.74, 6) is -0.137. The maximum absolute atomic E-state index is 11.2. The first-order valence-electron chi connectivity index (χ1n) is 15.7. The topological polar surface area (TPSA) is 113 Å². The predicted molar refractivity (Wildman–Crippen MR) is 155 cm³/mol. The molecule has 3 unspecified atom stereocenters. The van der Waals surface area contributed by atoms with E-state index in [2.05, 4.69) is 12.2 Å². The average Bonchev–Trinajstić information content (AvgIpc) is 3.30. The number of carbonyl (C=O) groups is 1. The highest BCUT2D eigenvalue weighted by atomic mass is 16.7. The van der Waals surface area contributed by atoms with Crippen molar-refractivity contribution in [3.8, 4) is 5.75 Å². The van der Waals surface area contributed by atoms with Crippen LogP contribution in [-0.2, 0) is 35.1 Å². The number of hydrogen-bond acceptors (Lipinski definition) is 8. The molecule has 3 aliphatic heterocycles. The Morgan fingerprint density at radius 2 is 1.81 bits per heavy atom. The molecule has 2 N–H and O–H groups in total. The number of benzene rings is 1. The fraction of sp³-hybridized carbons (Fsp3) is 0.667. The van der Waals surface area contributed by atoms with E-state index in [-0.39, 0.29) is 36.9 Å². The number of carboxylic acids is 1. The van der Waals surface area contributed by atoms with E-state index in [0.717, 1.165) is 49.8 Å². The van der Waals surface area contributed by atoms with Gasteiger partial charge >= 0.3 is 5.97 Å². The molecular formula is C33H46O9. The molecule has 0 spiro atoms. The second-order valence-corrected chi connectivity index (χ2v) is 11.7. The third-order valence-electron chi connectivity index (χ3n) is 8.55. The molecule has 0 bridgehead atoms. The summed E-state index contributed by atoms with van der Waals surface area (Å²) in [4.78, 5) is 10.8. The van der Waals surface area contributed by atoms with Gasteiger partial charge in [-0.2, -0.15) is 0 Å². The lowest BCUT2D eigenvalue weighted by molar-refractivity contribution is -0.236. The second kappa shape index (κ2) is 16.0. The summed E-state index contributed by atoms with van der Waals surface area (Å²) in [6, 6.07) is 7.86. The lowest BCUT2D eigenvalue weighted by Gasteiger charge is -2.34. The number of unbranched alkanes of at least 4 members (excludes halogenated alkanes) is 1. The molecule has 232 valence electrons. The van der Waals surface area contributed by atoms with Crippen LogP contribution in [0.25, 0.3) is 0 Å². The first-order valence-corrected chi connectivity index (χ1v) is 15.7. The summed E-state index contributed by atoms with van der Waals surface area (Å²) in [7, 11) is 0. The first-order chi connectivity index (χ1) is 20.6. The third-order valence-corrected chi connectivity index (χ3v) is 8.55. The highest BCUT2D eigenvalue weighted by molar-refractivity contribution is 5.66. The molecule has 1 aliphatic carbocycles. The molecule has 1 aromatic carbocycles. The van der Waals surface area contributed by atoms with Crippen LogP contribution >= 0.6 is 0 Å². The molecule has 0 radical (unpaired) electrons. The SMILES string of the molecule is O=C(O)CCCC=CC[C@@H]1[C@@H](C=C[C@@H](OC2CCCCO2)C2OCc3ccccc3O2)[C@H](OC2CCCCO2)C[C@@H]1O. The Kier molecular flexibility index (Phi) is 11.9. The van der Waals surface area contributed by atoms with Crippen LogP contribution in [0.1, 0.15) is 76.2 Å². The van der Waals surface area contributed by atoms with Crippen LogP contribution in [0.15, 0.2) is 48.6 Å². The van der Waals surface area contributed by atoms with Gasteiger partial charge in [-0.25, -0.2) is 0 Å². The Labute approximate surface area is 248 Å². The van der Waals surface area contributed by atoms with E-state index in [1.807, 2.05) is 36.4 Å². The van der Waals surface area contributed by atoms with Crippen LogP contribution in [0.5, 0.6) is 5.75 Å². The molecule has 5 rings (SSSR count). The van der Waals surface area contributed by atoms with Crippen molar-refractivity contribution in [3.05, 3.63) is 54.1 Å². The standard InChI is InChI=1S/C33H46O9/c34-26-21-29(41-32-16-8-10-20-38-32)25(24(26)12-3-1-2-4-14-30(35)36)17-18-28(40-31-15-7-9-19-37-31)33-39-22-23-11-5-6-13-27(23)42-33/h1,3,5-6,11,13,17-18,24-26,28-29,31-34H,2,4,7-10,12,14-16,19-22H2,(H,35,36)/t24-,25-,26+,28-,29-,31?,32?,33?/m1/s1. The molecule has 9 heteroatoms. The van der Waals surface area contributed by atoms with E-state index in [1.54, 1.807) is 0 Å². The van der Waals surface area contributed by atoms with Gasteiger partial charge in [-0.1, -0.05) is 42.5 Å². The minimum atomic E-state index is -0.783. The lowest BCUT2D eigenvalue weighted by Crippen LogP contribution is -2.41. The van der Waals surface area contributed by atoms with Gasteiger partial charge < -0.3 is 38.6 Å². The number of aliphatic carboxylic acids is 1. The van der Waals surface area contributed by atoms with E-state index in [9.17, 15) is 9.90 Å². The van der Waals surface area contributed by atoms with Crippen molar-refractivity contribution in [1.29, 1.82) is 0 Å². The molecule has 42 heavy (non-hydrogen) atoms. The fourth-order valence-corrected chi connectivity index (χ4v) is 6.25. The van der Waals surface area contributed by atoms with Gasteiger partial charge in [0, 0.05) is 37.5 Å². The lowest BCUT2D eigenvalue weighted by atomic mass is 9.89. The van der Waals surface area contributed by atoms with E-state index < -0.39 is 24.5 Å². The van der Waals surface area contributed by atoms with Crippen molar-refractivity contribution in [3.63, 3.8) is 0 Å². The Morgan fingerprint density at radius 3 is 2.57 bits per heavy atom. The number of allylic oxidation sites excluding steroid dienone is 2. The maximum atomic E-state index is 11.2. The zero-order valence-electron chi connectivity index (χ0n) is 24.4. The third kappa shape index (κ3) is 8.88. The van der Waals surface area contributed by atoms with E-state index in [1.165, 1.54) is 0 Å². The minimum Gasteiger partial charge on any atom is -0.481 e. The minimum absolute atomic E-state index is 0.0638. The van der Waals surface area contributed by atoms with Crippen LogP contribution in [-0.4, -0.2) is 66.6 Å². The molecule has 4 aliphatic rings. The zero-order chi connectivity index (χ0) is 29.1. The number of para-hydroxylation sites is 1. The van der Waals surface area contributed by atoms with Crippen molar-refractivity contribution in [2.45, 2.75) is 114 Å². The molecule has 3 heterocycles. The van der Waals surface area contributed by atoms with Crippen LogP contribution < -0.4 is 4.74 Å². The van der Waals surface area contributed by atoms with Crippen LogP contribution in [0.3, 0.4) is 0 Å². The largest absolute Gasteiger partial charge is 0.481 e. The van der Waals surface area contributed by atoms with E-state index in [0.29, 0.717) is 45.5 Å². The second-order valence-electron chi connectivity index (χ2n) is 11.7. The van der Waals surface area contributed by atoms with Gasteiger partial charge in [-0.05, 0) is 69.8 Å². The quantitative estimate of drug-likeness (QED) is 0.229. The van der Waals surface area contributed by atoms with Gasteiger partial charge in [-0.3, -0.25) is 4.79 Å². The number of aliphatic hydroxyl groups is 1. The van der Waals surface area contributed by atoms with Crippen molar-refractivity contribution < 1.29 is 43.4 Å². The summed E-state index contributed by atoms with van der Waals surface area (Å²) in [6.45, 7) is 1.80. The molecule has 3 fully saturated rings. The summed E-state index contributed by atoms with van der Waals surface area (Å²) in [5, 5.41) is 20.1. The molecule has 0 aromatic heterocycles. The van der Waals surface area contributed by atoms with Crippen molar-refractivity contribution in [2.24, 2.45) is 11.8 Å². The highest BCUT2D eigenvalue weighted by Gasteiger charge is 2.43. The number of fused-ring (bicyclic) bond motifs is 1. The van der Waals surface area contributed by atoms with Gasteiger partial charge in [0.25, 0.3) is 0 Å². The smallest absolute Gasteiger partial charge is 0.303 e. The van der Waals surface area contributed by atoms with Crippen molar-refractivity contribution in [1.82, 2.24) is 0 Å². The Bertz CT molecular complexity index is 1030. The summed E-state index contributed by atoms with van der Waals surface area (Å²) < 4.78 is 37.1. The van der Waals surface area contributed by atoms with E-state index in [4.69, 9.17) is 33.5 Å². The fourth-order valence-electron chi connectivity index (χ4n) is 6.25. The van der Waals surface area contributed by atoms with Gasteiger partial charge in [0.2, 0.25) is 6.29 Å². The molecule has 1 aromatic rings. The van der Waals surface area contributed by atoms with Gasteiger partial charge in [-0.15, -0.1) is 0 Å². The molecule has 8 atom stereocenters. The summed E-state index contributed by atoms with van der Waals surface area (Å²) >= 11 is 0. The zero-order valence-corrected chi connectivity index (χ0v) is 24.4. The molecule has 0 amide bonds. The van der Waals surface area contributed by atoms with Gasteiger partial charge in [0.05, 0.1) is 18.8 Å². The predicted octanol–water partition coefficient (Wildman–Crippen LogP) is 5.50. The summed E-state index contributed by atoms with van der Waals surface area (Å²) in [6.07, 6.45) is 14.2. The number of aliphatic hydroxyl groups excluding tert-OH is 1. The van der Waals surface area contributed by atoms with Crippen LogP contribution in [0.2, 0.25) is 0 Å². The monoisotopic (exact) mass is 586 g/mol. The number of rotatable bonds is 13. The van der Waals surface area contributed by atoms with Crippen molar-refractivity contribution in [2.75, 3.05) is 13.2 Å². The van der Waals surface area contributed by atoms with E-state index >= 15 is 0 Å². The molecule has 2 saturated heterocycles. The average molecular weight is 587 g/mol. The van der Waals surface area contributed by atoms with Crippen LogP contribution in [0.4, 0.5) is 0 Å². The molecule has 9 nitrogen and oxygen atoms in total. The number of hydrogen-bond donors (Lipinski definition) is 2. The number of carboxylic acid groups (broad SMARTS) is 1. The Morgan fingerprint density at radius 1 is 1.02 bits per heavy atom. The Hall–Kier alpha value is -2.27. The Balaban J connectivity index is 1.32. The number of ether oxygens (including phenoxy) is 6. The first kappa shape index (κ1) is 31.2. The molecule has 1 saturated carbocycles.